The number of nitrogens with two attached hydrogens (primary N) is 1. The second-order valence-electron chi connectivity index (χ2n) is 3.13. The second-order valence-corrected chi connectivity index (χ2v) is 3.13. The molecule has 0 aliphatic rings. The zero-order chi connectivity index (χ0) is 11.7. The van der Waals surface area contributed by atoms with E-state index in [1.807, 2.05) is 0 Å². The van der Waals surface area contributed by atoms with E-state index in [-0.39, 0.29) is 0 Å². The zero-order valence-electron chi connectivity index (χ0n) is 8.48. The first kappa shape index (κ1) is 10.1. The standard InChI is InChI=1S/C9H10N4O3/c1-16-7-4-5(10)2-3-6(7)13-8(14)11-12-9(13)15/h2-4H,10H2,1H3,(H,11,14)(H,12,15). The molecule has 2 aromatic rings. The summed E-state index contributed by atoms with van der Waals surface area (Å²) in [4.78, 5) is 22.8. The number of methoxy groups -OCH3 is 1. The molecular formula is C9H10N4O3. The third-order valence-corrected chi connectivity index (χ3v) is 2.13. The maximum Gasteiger partial charge on any atom is 0.349 e. The number of nitrogens with zero attached hydrogens (tertiary/aromatic N) is 1. The Hall–Kier alpha value is -2.44. The van der Waals surface area contributed by atoms with Crippen LogP contribution in [0.5, 0.6) is 5.75 Å². The Morgan fingerprint density at radius 3 is 2.44 bits per heavy atom. The Balaban J connectivity index is 2.74. The maximum absolute atomic E-state index is 11.4. The number of nitrogens with one attached hydrogen (secondary N) is 2. The summed E-state index contributed by atoms with van der Waals surface area (Å²) in [5, 5.41) is 4.37. The lowest BCUT2D eigenvalue weighted by Crippen LogP contribution is -2.25. The van der Waals surface area contributed by atoms with Gasteiger partial charge in [0.2, 0.25) is 0 Å². The van der Waals surface area contributed by atoms with Crippen LogP contribution >= 0.6 is 0 Å². The quantitative estimate of drug-likeness (QED) is 0.592. The molecule has 7 heteroatoms. The molecule has 2 rings (SSSR count). The maximum atomic E-state index is 11.4. The van der Waals surface area contributed by atoms with E-state index in [1.54, 1.807) is 12.1 Å². The van der Waals surface area contributed by atoms with Crippen LogP contribution in [0.1, 0.15) is 0 Å². The number of benzene rings is 1. The zero-order valence-corrected chi connectivity index (χ0v) is 8.48. The van der Waals surface area contributed by atoms with Crippen molar-refractivity contribution in [2.24, 2.45) is 0 Å². The van der Waals surface area contributed by atoms with Gasteiger partial charge in [0.1, 0.15) is 5.75 Å². The molecule has 0 spiro atoms. The van der Waals surface area contributed by atoms with E-state index in [0.717, 1.165) is 4.57 Å². The molecular weight excluding hydrogens is 212 g/mol. The van der Waals surface area contributed by atoms with Gasteiger partial charge in [-0.25, -0.2) is 24.4 Å². The van der Waals surface area contributed by atoms with E-state index in [4.69, 9.17) is 10.5 Å². The van der Waals surface area contributed by atoms with Crippen LogP contribution in [0.25, 0.3) is 5.69 Å². The van der Waals surface area contributed by atoms with Crippen molar-refractivity contribution in [3.63, 3.8) is 0 Å². The predicted octanol–water partition coefficient (Wildman–Crippen LogP) is -0.555. The van der Waals surface area contributed by atoms with E-state index >= 15 is 0 Å². The molecule has 84 valence electrons. The minimum Gasteiger partial charge on any atom is -0.494 e. The van der Waals surface area contributed by atoms with Crippen molar-refractivity contribution in [3.05, 3.63) is 39.2 Å². The molecule has 0 aliphatic carbocycles. The summed E-state index contributed by atoms with van der Waals surface area (Å²) in [6, 6.07) is 4.66. The average Bonchev–Trinajstić information content (AvgIpc) is 2.59. The highest BCUT2D eigenvalue weighted by molar-refractivity contribution is 5.55. The monoisotopic (exact) mass is 222 g/mol. The molecule has 1 heterocycles. The number of aromatic nitrogens is 3. The minimum absolute atomic E-state index is 0.337. The molecule has 0 radical (unpaired) electrons. The Bertz CT molecular complexity index is 595. The number of ether oxygens (including phenoxy) is 1. The van der Waals surface area contributed by atoms with Crippen LogP contribution in [0.3, 0.4) is 0 Å². The molecule has 0 amide bonds. The van der Waals surface area contributed by atoms with Gasteiger partial charge in [0.25, 0.3) is 0 Å². The smallest absolute Gasteiger partial charge is 0.349 e. The Morgan fingerprint density at radius 1 is 1.25 bits per heavy atom. The first-order valence-electron chi connectivity index (χ1n) is 4.47. The van der Waals surface area contributed by atoms with Crippen LogP contribution in [0.4, 0.5) is 5.69 Å². The summed E-state index contributed by atoms with van der Waals surface area (Å²) in [5.41, 5.74) is 5.27. The number of anilines is 1. The summed E-state index contributed by atoms with van der Waals surface area (Å²) < 4.78 is 5.98. The third-order valence-electron chi connectivity index (χ3n) is 2.13. The van der Waals surface area contributed by atoms with Gasteiger partial charge in [-0.15, -0.1) is 0 Å². The van der Waals surface area contributed by atoms with Gasteiger partial charge in [-0.3, -0.25) is 0 Å². The van der Waals surface area contributed by atoms with Crippen molar-refractivity contribution in [2.45, 2.75) is 0 Å². The normalized spacial score (nSPS) is 10.3. The van der Waals surface area contributed by atoms with Crippen molar-refractivity contribution < 1.29 is 4.74 Å². The minimum atomic E-state index is -0.562. The number of H-pyrrole nitrogens is 2. The van der Waals surface area contributed by atoms with Gasteiger partial charge in [-0.1, -0.05) is 0 Å². The Kier molecular flexibility index (Phi) is 2.28. The van der Waals surface area contributed by atoms with Crippen molar-refractivity contribution in [1.29, 1.82) is 0 Å². The van der Waals surface area contributed by atoms with Crippen molar-refractivity contribution in [2.75, 3.05) is 12.8 Å². The highest BCUT2D eigenvalue weighted by atomic mass is 16.5. The van der Waals surface area contributed by atoms with Crippen LogP contribution in [-0.4, -0.2) is 21.9 Å². The largest absolute Gasteiger partial charge is 0.494 e. The van der Waals surface area contributed by atoms with Crippen LogP contribution in [0, 0.1) is 0 Å². The molecule has 16 heavy (non-hydrogen) atoms. The molecule has 0 unspecified atom stereocenters. The molecule has 4 N–H and O–H groups in total. The van der Waals surface area contributed by atoms with E-state index < -0.39 is 11.4 Å². The van der Waals surface area contributed by atoms with Gasteiger partial charge in [0.05, 0.1) is 12.8 Å². The fourth-order valence-corrected chi connectivity index (χ4v) is 1.41. The summed E-state index contributed by atoms with van der Waals surface area (Å²) in [5.74, 6) is 0.354. The van der Waals surface area contributed by atoms with E-state index in [0.29, 0.717) is 17.1 Å². The molecule has 1 aromatic heterocycles. The second kappa shape index (κ2) is 3.61. The van der Waals surface area contributed by atoms with Gasteiger partial charge in [0, 0.05) is 11.8 Å². The first-order chi connectivity index (χ1) is 7.63. The average molecular weight is 222 g/mol. The van der Waals surface area contributed by atoms with E-state index in [2.05, 4.69) is 10.2 Å². The SMILES string of the molecule is COc1cc(N)ccc1-n1c(=O)[nH][nH]c1=O. The summed E-state index contributed by atoms with van der Waals surface area (Å²) >= 11 is 0. The number of aromatic amines is 2. The van der Waals surface area contributed by atoms with Gasteiger partial charge >= 0.3 is 11.4 Å². The van der Waals surface area contributed by atoms with Crippen molar-refractivity contribution in [3.8, 4) is 11.4 Å². The molecule has 0 saturated carbocycles. The summed E-state index contributed by atoms with van der Waals surface area (Å²) in [6.45, 7) is 0. The van der Waals surface area contributed by atoms with Gasteiger partial charge < -0.3 is 10.5 Å². The molecule has 1 aromatic carbocycles. The topological polar surface area (TPSA) is 106 Å². The van der Waals surface area contributed by atoms with Crippen molar-refractivity contribution in [1.82, 2.24) is 14.8 Å². The lowest BCUT2D eigenvalue weighted by atomic mass is 10.2. The number of hydrogen-bond acceptors (Lipinski definition) is 4. The summed E-state index contributed by atoms with van der Waals surface area (Å²) in [7, 11) is 1.43. The summed E-state index contributed by atoms with van der Waals surface area (Å²) in [6.07, 6.45) is 0. The number of hydrogen-bond donors (Lipinski definition) is 3. The molecule has 0 atom stereocenters. The van der Waals surface area contributed by atoms with Gasteiger partial charge in [0.15, 0.2) is 0 Å². The molecule has 7 nitrogen and oxygen atoms in total. The molecule has 0 bridgehead atoms. The molecule has 0 fully saturated rings. The van der Waals surface area contributed by atoms with E-state index in [1.165, 1.54) is 13.2 Å². The number of nitrogen functional groups attached to an aromatic ring is 1. The van der Waals surface area contributed by atoms with Crippen LogP contribution in [-0.2, 0) is 0 Å². The van der Waals surface area contributed by atoms with Crippen LogP contribution < -0.4 is 21.9 Å². The Morgan fingerprint density at radius 2 is 1.88 bits per heavy atom. The first-order valence-corrected chi connectivity index (χ1v) is 4.47. The number of rotatable bonds is 2. The fraction of sp³-hybridized carbons (Fsp3) is 0.111. The predicted molar refractivity (Wildman–Crippen MR) is 58.0 cm³/mol. The highest BCUT2D eigenvalue weighted by Gasteiger charge is 2.11. The Labute approximate surface area is 89.5 Å². The van der Waals surface area contributed by atoms with Gasteiger partial charge in [-0.2, -0.15) is 0 Å². The highest BCUT2D eigenvalue weighted by Crippen LogP contribution is 2.22. The van der Waals surface area contributed by atoms with E-state index in [9.17, 15) is 9.59 Å². The lowest BCUT2D eigenvalue weighted by molar-refractivity contribution is 0.412. The van der Waals surface area contributed by atoms with Crippen LogP contribution in [0.2, 0.25) is 0 Å². The third kappa shape index (κ3) is 1.48. The lowest BCUT2D eigenvalue weighted by Gasteiger charge is -2.07. The van der Waals surface area contributed by atoms with Gasteiger partial charge in [-0.05, 0) is 12.1 Å². The van der Waals surface area contributed by atoms with Crippen molar-refractivity contribution >= 4 is 5.69 Å². The molecule has 0 saturated heterocycles. The molecule has 0 aliphatic heterocycles. The fourth-order valence-electron chi connectivity index (χ4n) is 1.41. The van der Waals surface area contributed by atoms with Crippen LogP contribution in [0.15, 0.2) is 27.8 Å².